The van der Waals surface area contributed by atoms with Gasteiger partial charge in [0.15, 0.2) is 0 Å². The Bertz CT molecular complexity index is 570. The summed E-state index contributed by atoms with van der Waals surface area (Å²) in [6, 6.07) is 7.52. The van der Waals surface area contributed by atoms with Crippen LogP contribution in [0.2, 0.25) is 0 Å². The van der Waals surface area contributed by atoms with Crippen molar-refractivity contribution in [3.63, 3.8) is 0 Å². The Hall–Kier alpha value is -1.88. The average molecular weight is 318 g/mol. The Morgan fingerprint density at radius 2 is 1.78 bits per heavy atom. The Kier molecular flexibility index (Phi) is 5.42. The highest BCUT2D eigenvalue weighted by molar-refractivity contribution is 5.89. The molecule has 0 aliphatic carbocycles. The lowest BCUT2D eigenvalue weighted by atomic mass is 9.94. The second-order valence-corrected chi connectivity index (χ2v) is 7.01. The summed E-state index contributed by atoms with van der Waals surface area (Å²) in [5.41, 5.74) is 1.34. The maximum Gasteiger partial charge on any atom is 0.337 e. The second kappa shape index (κ2) is 7.13. The molecule has 1 aromatic carbocycles. The lowest BCUT2D eigenvalue weighted by Gasteiger charge is -2.37. The number of rotatable bonds is 3. The van der Waals surface area contributed by atoms with Crippen LogP contribution in [0.4, 0.5) is 0 Å². The van der Waals surface area contributed by atoms with Crippen molar-refractivity contribution in [1.29, 1.82) is 0 Å². The summed E-state index contributed by atoms with van der Waals surface area (Å²) < 4.78 is 4.76. The molecule has 1 aliphatic heterocycles. The van der Waals surface area contributed by atoms with Crippen molar-refractivity contribution < 1.29 is 14.3 Å². The fourth-order valence-electron chi connectivity index (χ4n) is 2.76. The van der Waals surface area contributed by atoms with Crippen LogP contribution in [0.15, 0.2) is 24.3 Å². The van der Waals surface area contributed by atoms with Gasteiger partial charge in [0.25, 0.3) is 0 Å². The first-order valence-electron chi connectivity index (χ1n) is 8.00. The van der Waals surface area contributed by atoms with Gasteiger partial charge in [-0.1, -0.05) is 32.9 Å². The van der Waals surface area contributed by atoms with Crippen molar-refractivity contribution in [3.8, 4) is 0 Å². The van der Waals surface area contributed by atoms with E-state index in [4.69, 9.17) is 4.74 Å². The number of carbonyl (C=O) groups excluding carboxylic acids is 2. The van der Waals surface area contributed by atoms with Crippen molar-refractivity contribution in [3.05, 3.63) is 35.4 Å². The summed E-state index contributed by atoms with van der Waals surface area (Å²) in [4.78, 5) is 28.1. The molecule has 0 N–H and O–H groups in total. The number of hydrogen-bond acceptors (Lipinski definition) is 4. The van der Waals surface area contributed by atoms with Crippen molar-refractivity contribution in [2.75, 3.05) is 33.3 Å². The number of hydrogen-bond donors (Lipinski definition) is 0. The Morgan fingerprint density at radius 3 is 2.35 bits per heavy atom. The number of nitrogens with zero attached hydrogens (tertiary/aromatic N) is 2. The smallest absolute Gasteiger partial charge is 0.337 e. The lowest BCUT2D eigenvalue weighted by molar-refractivity contribution is -0.141. The summed E-state index contributed by atoms with van der Waals surface area (Å²) in [5, 5.41) is 0. The standard InChI is InChI=1S/C18H26N2O3/c1-18(2,3)17(22)20-10-8-19(9-11-20)13-14-6-5-7-15(12-14)16(21)23-4/h5-7,12H,8-11,13H2,1-4H3. The van der Waals surface area contributed by atoms with Crippen LogP contribution in [0.3, 0.4) is 0 Å². The molecule has 23 heavy (non-hydrogen) atoms. The maximum absolute atomic E-state index is 12.3. The van der Waals surface area contributed by atoms with Gasteiger partial charge in [-0.3, -0.25) is 9.69 Å². The molecule has 0 spiro atoms. The zero-order valence-electron chi connectivity index (χ0n) is 14.5. The highest BCUT2D eigenvalue weighted by atomic mass is 16.5. The lowest BCUT2D eigenvalue weighted by Crippen LogP contribution is -2.51. The molecule has 0 unspecified atom stereocenters. The van der Waals surface area contributed by atoms with E-state index in [1.54, 1.807) is 6.07 Å². The minimum absolute atomic E-state index is 0.213. The van der Waals surface area contributed by atoms with Gasteiger partial charge in [0.1, 0.15) is 0 Å². The predicted molar refractivity (Wildman–Crippen MR) is 89.1 cm³/mol. The van der Waals surface area contributed by atoms with E-state index in [1.807, 2.05) is 43.9 Å². The van der Waals surface area contributed by atoms with E-state index in [2.05, 4.69) is 4.90 Å². The first-order valence-corrected chi connectivity index (χ1v) is 8.00. The number of amides is 1. The van der Waals surface area contributed by atoms with Crippen LogP contribution in [0.25, 0.3) is 0 Å². The van der Waals surface area contributed by atoms with Gasteiger partial charge in [0, 0.05) is 38.1 Å². The Balaban J connectivity index is 1.92. The van der Waals surface area contributed by atoms with Crippen molar-refractivity contribution in [1.82, 2.24) is 9.80 Å². The summed E-state index contributed by atoms with van der Waals surface area (Å²) in [6.07, 6.45) is 0. The van der Waals surface area contributed by atoms with Crippen LogP contribution in [0.5, 0.6) is 0 Å². The normalized spacial score (nSPS) is 16.3. The van der Waals surface area contributed by atoms with E-state index in [9.17, 15) is 9.59 Å². The maximum atomic E-state index is 12.3. The summed E-state index contributed by atoms with van der Waals surface area (Å²) in [5.74, 6) is -0.0997. The second-order valence-electron chi connectivity index (χ2n) is 7.01. The SMILES string of the molecule is COC(=O)c1cccc(CN2CCN(C(=O)C(C)(C)C)CC2)c1. The molecule has 5 heteroatoms. The molecule has 1 saturated heterocycles. The van der Waals surface area contributed by atoms with Crippen LogP contribution >= 0.6 is 0 Å². The third kappa shape index (κ3) is 4.55. The van der Waals surface area contributed by atoms with E-state index in [-0.39, 0.29) is 17.3 Å². The topological polar surface area (TPSA) is 49.9 Å². The Morgan fingerprint density at radius 1 is 1.13 bits per heavy atom. The molecular formula is C18H26N2O3. The van der Waals surface area contributed by atoms with Crippen LogP contribution < -0.4 is 0 Å². The van der Waals surface area contributed by atoms with E-state index >= 15 is 0 Å². The third-order valence-corrected chi connectivity index (χ3v) is 4.06. The predicted octanol–water partition coefficient (Wildman–Crippen LogP) is 2.16. The molecule has 1 fully saturated rings. The number of ether oxygens (including phenoxy) is 1. The average Bonchev–Trinajstić information content (AvgIpc) is 2.53. The summed E-state index contributed by atoms with van der Waals surface area (Å²) in [6.45, 7) is 9.87. The molecule has 2 rings (SSSR count). The van der Waals surface area contributed by atoms with Gasteiger partial charge < -0.3 is 9.64 Å². The Labute approximate surface area is 138 Å². The fraction of sp³-hybridized carbons (Fsp3) is 0.556. The van der Waals surface area contributed by atoms with Gasteiger partial charge >= 0.3 is 5.97 Å². The highest BCUT2D eigenvalue weighted by Crippen LogP contribution is 2.19. The molecule has 1 aromatic rings. The monoisotopic (exact) mass is 318 g/mol. The first kappa shape index (κ1) is 17.5. The first-order chi connectivity index (χ1) is 10.8. The summed E-state index contributed by atoms with van der Waals surface area (Å²) in [7, 11) is 1.39. The largest absolute Gasteiger partial charge is 0.465 e. The van der Waals surface area contributed by atoms with Crippen LogP contribution in [-0.4, -0.2) is 55.0 Å². The number of carbonyl (C=O) groups is 2. The minimum Gasteiger partial charge on any atom is -0.465 e. The number of benzene rings is 1. The van der Waals surface area contributed by atoms with Crippen molar-refractivity contribution in [2.24, 2.45) is 5.41 Å². The number of esters is 1. The van der Waals surface area contributed by atoms with E-state index < -0.39 is 0 Å². The molecule has 1 heterocycles. The van der Waals surface area contributed by atoms with Gasteiger partial charge in [-0.2, -0.15) is 0 Å². The molecule has 0 atom stereocenters. The van der Waals surface area contributed by atoms with E-state index in [0.717, 1.165) is 38.3 Å². The zero-order chi connectivity index (χ0) is 17.0. The number of piperazine rings is 1. The molecule has 1 amide bonds. The van der Waals surface area contributed by atoms with Crippen molar-refractivity contribution >= 4 is 11.9 Å². The van der Waals surface area contributed by atoms with Gasteiger partial charge in [-0.05, 0) is 17.7 Å². The van der Waals surface area contributed by atoms with Crippen LogP contribution in [0.1, 0.15) is 36.7 Å². The third-order valence-electron chi connectivity index (χ3n) is 4.06. The highest BCUT2D eigenvalue weighted by Gasteiger charge is 2.29. The summed E-state index contributed by atoms with van der Waals surface area (Å²) >= 11 is 0. The van der Waals surface area contributed by atoms with Crippen LogP contribution in [0, 0.1) is 5.41 Å². The van der Waals surface area contributed by atoms with E-state index in [0.29, 0.717) is 5.56 Å². The molecule has 5 nitrogen and oxygen atoms in total. The minimum atomic E-state index is -0.322. The quantitative estimate of drug-likeness (QED) is 0.802. The van der Waals surface area contributed by atoms with Gasteiger partial charge in [-0.25, -0.2) is 4.79 Å². The van der Waals surface area contributed by atoms with E-state index in [1.165, 1.54) is 7.11 Å². The van der Waals surface area contributed by atoms with Gasteiger partial charge in [-0.15, -0.1) is 0 Å². The van der Waals surface area contributed by atoms with Crippen LogP contribution in [-0.2, 0) is 16.1 Å². The molecule has 0 radical (unpaired) electrons. The molecule has 0 aromatic heterocycles. The molecule has 0 saturated carbocycles. The molecule has 126 valence electrons. The van der Waals surface area contributed by atoms with Crippen molar-refractivity contribution in [2.45, 2.75) is 27.3 Å². The molecular weight excluding hydrogens is 292 g/mol. The van der Waals surface area contributed by atoms with Gasteiger partial charge in [0.2, 0.25) is 5.91 Å². The zero-order valence-corrected chi connectivity index (χ0v) is 14.5. The molecule has 1 aliphatic rings. The molecule has 0 bridgehead atoms. The number of methoxy groups -OCH3 is 1. The fourth-order valence-corrected chi connectivity index (χ4v) is 2.76. The van der Waals surface area contributed by atoms with Gasteiger partial charge in [0.05, 0.1) is 12.7 Å².